The molecule has 0 saturated carbocycles. The van der Waals surface area contributed by atoms with Gasteiger partial charge in [0.15, 0.2) is 0 Å². The zero-order chi connectivity index (χ0) is 13.8. The molecule has 100 valence electrons. The largest absolute Gasteiger partial charge is 0.416 e. The number of alkyl halides is 3. The molecule has 1 aromatic rings. The third-order valence-electron chi connectivity index (χ3n) is 2.03. The van der Waals surface area contributed by atoms with Crippen molar-refractivity contribution in [1.29, 1.82) is 0 Å². The SMILES string of the molecule is C[C@@H](O)CNC(=O)Nc1ccc(C(F)(F)F)cc1. The minimum Gasteiger partial charge on any atom is -0.392 e. The van der Waals surface area contributed by atoms with E-state index in [2.05, 4.69) is 10.6 Å². The molecule has 0 unspecified atom stereocenters. The van der Waals surface area contributed by atoms with Gasteiger partial charge in [-0.3, -0.25) is 0 Å². The van der Waals surface area contributed by atoms with E-state index in [1.165, 1.54) is 6.92 Å². The highest BCUT2D eigenvalue weighted by atomic mass is 19.4. The Labute approximate surface area is 102 Å². The summed E-state index contributed by atoms with van der Waals surface area (Å²) in [6.45, 7) is 1.56. The average molecular weight is 262 g/mol. The number of anilines is 1. The first kappa shape index (κ1) is 14.3. The molecule has 3 N–H and O–H groups in total. The molecular weight excluding hydrogens is 249 g/mol. The molecule has 1 aromatic carbocycles. The molecule has 7 heteroatoms. The third kappa shape index (κ3) is 4.62. The molecule has 0 aliphatic carbocycles. The Balaban J connectivity index is 2.56. The zero-order valence-corrected chi connectivity index (χ0v) is 9.58. The van der Waals surface area contributed by atoms with Crippen molar-refractivity contribution >= 4 is 11.7 Å². The van der Waals surface area contributed by atoms with Gasteiger partial charge >= 0.3 is 12.2 Å². The molecule has 0 aromatic heterocycles. The maximum Gasteiger partial charge on any atom is 0.416 e. The molecule has 0 aliphatic rings. The lowest BCUT2D eigenvalue weighted by Crippen LogP contribution is -2.34. The number of aliphatic hydroxyl groups excluding tert-OH is 1. The topological polar surface area (TPSA) is 61.4 Å². The van der Waals surface area contributed by atoms with E-state index in [4.69, 9.17) is 5.11 Å². The van der Waals surface area contributed by atoms with Gasteiger partial charge in [-0.2, -0.15) is 13.2 Å². The Hall–Kier alpha value is -1.76. The van der Waals surface area contributed by atoms with Gasteiger partial charge in [0.2, 0.25) is 0 Å². The predicted octanol–water partition coefficient (Wildman–Crippen LogP) is 2.21. The second kappa shape index (κ2) is 5.72. The van der Waals surface area contributed by atoms with Gasteiger partial charge in [-0.05, 0) is 31.2 Å². The van der Waals surface area contributed by atoms with E-state index in [0.717, 1.165) is 24.3 Å². The number of rotatable bonds is 3. The van der Waals surface area contributed by atoms with E-state index >= 15 is 0 Å². The smallest absolute Gasteiger partial charge is 0.392 e. The monoisotopic (exact) mass is 262 g/mol. The predicted molar refractivity (Wildman–Crippen MR) is 60.1 cm³/mol. The fraction of sp³-hybridized carbons (Fsp3) is 0.364. The lowest BCUT2D eigenvalue weighted by molar-refractivity contribution is -0.137. The zero-order valence-electron chi connectivity index (χ0n) is 9.58. The second-order valence-corrected chi connectivity index (χ2v) is 3.76. The van der Waals surface area contributed by atoms with Gasteiger partial charge in [0.05, 0.1) is 11.7 Å². The highest BCUT2D eigenvalue weighted by molar-refractivity contribution is 5.89. The van der Waals surface area contributed by atoms with Crippen molar-refractivity contribution in [2.24, 2.45) is 0 Å². The van der Waals surface area contributed by atoms with E-state index in [9.17, 15) is 18.0 Å². The molecule has 0 radical (unpaired) electrons. The van der Waals surface area contributed by atoms with Crippen molar-refractivity contribution < 1.29 is 23.1 Å². The molecule has 1 rings (SSSR count). The van der Waals surface area contributed by atoms with Gasteiger partial charge in [0.25, 0.3) is 0 Å². The molecule has 0 aliphatic heterocycles. The number of carbonyl (C=O) groups excluding carboxylic acids is 1. The molecule has 18 heavy (non-hydrogen) atoms. The number of nitrogens with one attached hydrogen (secondary N) is 2. The van der Waals surface area contributed by atoms with Crippen LogP contribution >= 0.6 is 0 Å². The maximum absolute atomic E-state index is 12.3. The van der Waals surface area contributed by atoms with E-state index < -0.39 is 23.9 Å². The number of hydrogen-bond donors (Lipinski definition) is 3. The lowest BCUT2D eigenvalue weighted by atomic mass is 10.2. The molecule has 0 heterocycles. The molecule has 0 spiro atoms. The molecule has 2 amide bonds. The highest BCUT2D eigenvalue weighted by Crippen LogP contribution is 2.29. The summed E-state index contributed by atoms with van der Waals surface area (Å²) >= 11 is 0. The number of halogens is 3. The van der Waals surface area contributed by atoms with E-state index in [1.807, 2.05) is 0 Å². The first-order valence-electron chi connectivity index (χ1n) is 5.19. The molecule has 1 atom stereocenters. The van der Waals surface area contributed by atoms with Crippen molar-refractivity contribution in [3.05, 3.63) is 29.8 Å². The lowest BCUT2D eigenvalue weighted by Gasteiger charge is -2.10. The Kier molecular flexibility index (Phi) is 4.55. The molecule has 0 saturated heterocycles. The van der Waals surface area contributed by atoms with Crippen LogP contribution in [0.25, 0.3) is 0 Å². The van der Waals surface area contributed by atoms with Gasteiger partial charge in [-0.25, -0.2) is 4.79 Å². The Bertz CT molecular complexity index is 402. The minimum atomic E-state index is -4.40. The van der Waals surface area contributed by atoms with Crippen LogP contribution in [0.4, 0.5) is 23.7 Å². The summed E-state index contributed by atoms with van der Waals surface area (Å²) in [7, 11) is 0. The van der Waals surface area contributed by atoms with Crippen LogP contribution < -0.4 is 10.6 Å². The summed E-state index contributed by atoms with van der Waals surface area (Å²) in [5, 5.41) is 13.6. The second-order valence-electron chi connectivity index (χ2n) is 3.76. The van der Waals surface area contributed by atoms with Crippen molar-refractivity contribution in [2.45, 2.75) is 19.2 Å². The van der Waals surface area contributed by atoms with Crippen molar-refractivity contribution in [2.75, 3.05) is 11.9 Å². The molecule has 0 fully saturated rings. The molecular formula is C11H13F3N2O2. The van der Waals surface area contributed by atoms with Crippen LogP contribution in [0.2, 0.25) is 0 Å². The number of amides is 2. The number of carbonyl (C=O) groups is 1. The summed E-state index contributed by atoms with van der Waals surface area (Å²) in [5.41, 5.74) is -0.538. The number of benzene rings is 1. The van der Waals surface area contributed by atoms with Crippen LogP contribution in [0, 0.1) is 0 Å². The average Bonchev–Trinajstić information content (AvgIpc) is 2.26. The Morgan fingerprint density at radius 3 is 2.33 bits per heavy atom. The normalized spacial score (nSPS) is 12.9. The fourth-order valence-corrected chi connectivity index (χ4v) is 1.16. The van der Waals surface area contributed by atoms with Crippen LogP contribution in [0.5, 0.6) is 0 Å². The van der Waals surface area contributed by atoms with Crippen LogP contribution in [0.15, 0.2) is 24.3 Å². The number of urea groups is 1. The van der Waals surface area contributed by atoms with Crippen LogP contribution in [0.3, 0.4) is 0 Å². The van der Waals surface area contributed by atoms with Crippen molar-refractivity contribution in [1.82, 2.24) is 5.32 Å². The maximum atomic E-state index is 12.3. The quantitative estimate of drug-likeness (QED) is 0.782. The number of aliphatic hydroxyl groups is 1. The molecule has 4 nitrogen and oxygen atoms in total. The summed E-state index contributed by atoms with van der Waals surface area (Å²) in [6.07, 6.45) is -5.09. The minimum absolute atomic E-state index is 0.0620. The first-order valence-corrected chi connectivity index (χ1v) is 5.19. The van der Waals surface area contributed by atoms with Gasteiger partial charge in [0, 0.05) is 12.2 Å². The highest BCUT2D eigenvalue weighted by Gasteiger charge is 2.29. The van der Waals surface area contributed by atoms with Crippen molar-refractivity contribution in [3.8, 4) is 0 Å². The van der Waals surface area contributed by atoms with Crippen LogP contribution in [0.1, 0.15) is 12.5 Å². The van der Waals surface area contributed by atoms with Gasteiger partial charge in [-0.1, -0.05) is 0 Å². The van der Waals surface area contributed by atoms with E-state index in [-0.39, 0.29) is 12.2 Å². The van der Waals surface area contributed by atoms with Gasteiger partial charge in [0.1, 0.15) is 0 Å². The standard InChI is InChI=1S/C11H13F3N2O2/c1-7(17)6-15-10(18)16-9-4-2-8(3-5-9)11(12,13)14/h2-5,7,17H,6H2,1H3,(H2,15,16,18)/t7-/m1/s1. The molecule has 0 bridgehead atoms. The van der Waals surface area contributed by atoms with Gasteiger partial charge < -0.3 is 15.7 Å². The first-order chi connectivity index (χ1) is 8.29. The summed E-state index contributed by atoms with van der Waals surface area (Å²) in [4.78, 5) is 11.2. The summed E-state index contributed by atoms with van der Waals surface area (Å²) < 4.78 is 36.8. The van der Waals surface area contributed by atoms with Crippen LogP contribution in [-0.2, 0) is 6.18 Å². The van der Waals surface area contributed by atoms with Crippen LogP contribution in [-0.4, -0.2) is 23.8 Å². The number of hydrogen-bond acceptors (Lipinski definition) is 2. The summed E-state index contributed by atoms with van der Waals surface area (Å²) in [6, 6.07) is 3.49. The summed E-state index contributed by atoms with van der Waals surface area (Å²) in [5.74, 6) is 0. The Morgan fingerprint density at radius 1 is 1.33 bits per heavy atom. The van der Waals surface area contributed by atoms with Crippen molar-refractivity contribution in [3.63, 3.8) is 0 Å². The van der Waals surface area contributed by atoms with E-state index in [0.29, 0.717) is 0 Å². The van der Waals surface area contributed by atoms with E-state index in [1.54, 1.807) is 0 Å². The Morgan fingerprint density at radius 2 is 1.89 bits per heavy atom. The third-order valence-corrected chi connectivity index (χ3v) is 2.03. The van der Waals surface area contributed by atoms with Gasteiger partial charge in [-0.15, -0.1) is 0 Å². The fourth-order valence-electron chi connectivity index (χ4n) is 1.16.